The van der Waals surface area contributed by atoms with Crippen molar-refractivity contribution in [2.24, 2.45) is 0 Å². The number of aryl methyl sites for hydroxylation is 2. The minimum atomic E-state index is -0.271. The lowest BCUT2D eigenvalue weighted by molar-refractivity contribution is -0.129. The Balaban J connectivity index is 1.70. The third-order valence-corrected chi connectivity index (χ3v) is 4.81. The number of hydrogen-bond acceptors (Lipinski definition) is 5. The molecule has 0 N–H and O–H groups in total. The summed E-state index contributed by atoms with van der Waals surface area (Å²) in [5.41, 5.74) is 2.99. The fourth-order valence-electron chi connectivity index (χ4n) is 2.65. The lowest BCUT2D eigenvalue weighted by Gasteiger charge is -2.20. The van der Waals surface area contributed by atoms with Crippen molar-refractivity contribution in [3.63, 3.8) is 0 Å². The normalized spacial score (nSPS) is 12.3. The maximum absolute atomic E-state index is 12.6. The van der Waals surface area contributed by atoms with E-state index >= 15 is 0 Å². The Kier molecular flexibility index (Phi) is 5.03. The number of carbonyl (C=O) groups excluding carboxylic acids is 1. The van der Waals surface area contributed by atoms with Gasteiger partial charge in [-0.1, -0.05) is 42.1 Å². The Morgan fingerprint density at radius 3 is 2.68 bits per heavy atom. The number of rotatable bonds is 5. The van der Waals surface area contributed by atoms with Crippen LogP contribution in [0.25, 0.3) is 5.78 Å². The molecule has 0 aliphatic rings. The van der Waals surface area contributed by atoms with E-state index in [0.717, 1.165) is 17.0 Å². The van der Waals surface area contributed by atoms with Crippen molar-refractivity contribution >= 4 is 23.4 Å². The van der Waals surface area contributed by atoms with Gasteiger partial charge in [0, 0.05) is 25.0 Å². The predicted molar refractivity (Wildman–Crippen MR) is 98.5 cm³/mol. The quantitative estimate of drug-likeness (QED) is 0.659. The van der Waals surface area contributed by atoms with Crippen LogP contribution in [-0.4, -0.2) is 42.7 Å². The number of thioether (sulfide) groups is 1. The van der Waals surface area contributed by atoms with Gasteiger partial charge in [0.2, 0.25) is 11.1 Å². The molecule has 2 heterocycles. The van der Waals surface area contributed by atoms with Crippen LogP contribution in [0.15, 0.2) is 41.6 Å². The van der Waals surface area contributed by atoms with Crippen LogP contribution in [0.3, 0.4) is 0 Å². The van der Waals surface area contributed by atoms with E-state index in [2.05, 4.69) is 15.1 Å². The van der Waals surface area contributed by atoms with Crippen LogP contribution in [0, 0.1) is 13.8 Å². The van der Waals surface area contributed by atoms with Gasteiger partial charge in [0.1, 0.15) is 0 Å². The highest BCUT2D eigenvalue weighted by Gasteiger charge is 2.21. The average Bonchev–Trinajstić information content (AvgIpc) is 2.97. The fraction of sp³-hybridized carbons (Fsp3) is 0.333. The monoisotopic (exact) mass is 355 g/mol. The molecule has 7 heteroatoms. The zero-order chi connectivity index (χ0) is 18.0. The molecule has 1 aromatic carbocycles. The Bertz CT molecular complexity index is 893. The van der Waals surface area contributed by atoms with E-state index in [1.165, 1.54) is 11.8 Å². The lowest BCUT2D eigenvalue weighted by Crippen LogP contribution is -2.32. The van der Waals surface area contributed by atoms with Crippen LogP contribution in [-0.2, 0) is 11.3 Å². The number of benzene rings is 1. The SMILES string of the molecule is Cc1cc(C)n2nc(S[C@H](C)C(=O)N(C)Cc3ccccc3)nc2n1. The van der Waals surface area contributed by atoms with Crippen LogP contribution in [0.5, 0.6) is 0 Å². The van der Waals surface area contributed by atoms with Crippen molar-refractivity contribution in [3.8, 4) is 0 Å². The molecule has 0 bridgehead atoms. The van der Waals surface area contributed by atoms with Gasteiger partial charge in [-0.3, -0.25) is 4.79 Å². The van der Waals surface area contributed by atoms with Crippen molar-refractivity contribution in [1.29, 1.82) is 0 Å². The van der Waals surface area contributed by atoms with Crippen LogP contribution in [0.1, 0.15) is 23.9 Å². The van der Waals surface area contributed by atoms with Gasteiger partial charge >= 0.3 is 0 Å². The first-order chi connectivity index (χ1) is 11.9. The molecule has 0 aliphatic heterocycles. The third kappa shape index (κ3) is 3.99. The van der Waals surface area contributed by atoms with Crippen molar-refractivity contribution < 1.29 is 4.79 Å². The zero-order valence-corrected chi connectivity index (χ0v) is 15.6. The Labute approximate surface area is 151 Å². The second-order valence-corrected chi connectivity index (χ2v) is 7.39. The van der Waals surface area contributed by atoms with E-state index in [9.17, 15) is 4.79 Å². The van der Waals surface area contributed by atoms with E-state index < -0.39 is 0 Å². The molecule has 0 aliphatic carbocycles. The second kappa shape index (κ2) is 7.23. The summed E-state index contributed by atoms with van der Waals surface area (Å²) in [6.45, 7) is 6.36. The number of amides is 1. The maximum Gasteiger partial charge on any atom is 0.253 e. The molecule has 1 atom stereocenters. The number of aromatic nitrogens is 4. The van der Waals surface area contributed by atoms with Crippen LogP contribution in [0.2, 0.25) is 0 Å². The summed E-state index contributed by atoms with van der Waals surface area (Å²) >= 11 is 1.36. The van der Waals surface area contributed by atoms with E-state index in [4.69, 9.17) is 0 Å². The smallest absolute Gasteiger partial charge is 0.253 e. The van der Waals surface area contributed by atoms with Gasteiger partial charge in [-0.05, 0) is 32.4 Å². The molecule has 1 amide bonds. The predicted octanol–water partition coefficient (Wildman–Crippen LogP) is 2.88. The summed E-state index contributed by atoms with van der Waals surface area (Å²) in [4.78, 5) is 23.2. The largest absolute Gasteiger partial charge is 0.340 e. The lowest BCUT2D eigenvalue weighted by atomic mass is 10.2. The van der Waals surface area contributed by atoms with Crippen molar-refractivity contribution in [2.45, 2.75) is 37.7 Å². The second-order valence-electron chi connectivity index (χ2n) is 6.09. The van der Waals surface area contributed by atoms with Crippen molar-refractivity contribution in [3.05, 3.63) is 53.3 Å². The van der Waals surface area contributed by atoms with Crippen LogP contribution >= 0.6 is 11.8 Å². The number of hydrogen-bond donors (Lipinski definition) is 0. The van der Waals surface area contributed by atoms with Gasteiger partial charge in [0.05, 0.1) is 5.25 Å². The van der Waals surface area contributed by atoms with E-state index in [1.54, 1.807) is 9.42 Å². The fourth-order valence-corrected chi connectivity index (χ4v) is 3.51. The van der Waals surface area contributed by atoms with Gasteiger partial charge in [0.15, 0.2) is 0 Å². The summed E-state index contributed by atoms with van der Waals surface area (Å²) in [7, 11) is 1.82. The molecular weight excluding hydrogens is 334 g/mol. The van der Waals surface area contributed by atoms with Crippen LogP contribution < -0.4 is 0 Å². The maximum atomic E-state index is 12.6. The van der Waals surface area contributed by atoms with Crippen molar-refractivity contribution in [1.82, 2.24) is 24.5 Å². The number of fused-ring (bicyclic) bond motifs is 1. The van der Waals surface area contributed by atoms with Crippen LogP contribution in [0.4, 0.5) is 0 Å². The summed E-state index contributed by atoms with van der Waals surface area (Å²) in [5.74, 6) is 0.617. The molecule has 0 fully saturated rings. The molecule has 3 rings (SSSR count). The molecule has 130 valence electrons. The number of nitrogens with zero attached hydrogens (tertiary/aromatic N) is 5. The summed E-state index contributed by atoms with van der Waals surface area (Å²) < 4.78 is 1.71. The first-order valence-corrected chi connectivity index (χ1v) is 8.98. The van der Waals surface area contributed by atoms with E-state index in [0.29, 0.717) is 17.5 Å². The highest BCUT2D eigenvalue weighted by molar-refractivity contribution is 8.00. The molecule has 2 aromatic heterocycles. The molecule has 6 nitrogen and oxygen atoms in total. The Morgan fingerprint density at radius 2 is 1.96 bits per heavy atom. The van der Waals surface area contributed by atoms with Gasteiger partial charge in [-0.2, -0.15) is 4.98 Å². The third-order valence-electron chi connectivity index (χ3n) is 3.87. The molecule has 0 unspecified atom stereocenters. The summed E-state index contributed by atoms with van der Waals surface area (Å²) in [6.07, 6.45) is 0. The zero-order valence-electron chi connectivity index (χ0n) is 14.8. The highest BCUT2D eigenvalue weighted by atomic mass is 32.2. The van der Waals surface area contributed by atoms with Gasteiger partial charge in [0.25, 0.3) is 5.78 Å². The van der Waals surface area contributed by atoms with Gasteiger partial charge < -0.3 is 4.90 Å². The molecule has 0 saturated carbocycles. The molecule has 0 saturated heterocycles. The van der Waals surface area contributed by atoms with Crippen molar-refractivity contribution in [2.75, 3.05) is 7.05 Å². The van der Waals surface area contributed by atoms with Gasteiger partial charge in [-0.25, -0.2) is 9.50 Å². The molecule has 25 heavy (non-hydrogen) atoms. The molecule has 0 spiro atoms. The van der Waals surface area contributed by atoms with Gasteiger partial charge in [-0.15, -0.1) is 5.10 Å². The van der Waals surface area contributed by atoms with E-state index in [-0.39, 0.29) is 11.2 Å². The minimum absolute atomic E-state index is 0.0496. The first-order valence-electron chi connectivity index (χ1n) is 8.10. The molecular formula is C18H21N5OS. The molecule has 0 radical (unpaired) electrons. The first kappa shape index (κ1) is 17.4. The minimum Gasteiger partial charge on any atom is -0.340 e. The van der Waals surface area contributed by atoms with E-state index in [1.807, 2.05) is 64.2 Å². The standard InChI is InChI=1S/C18H21N5OS/c1-12-10-13(2)23-17(19-12)20-18(21-23)25-14(3)16(24)22(4)11-15-8-6-5-7-9-15/h5-10,14H,11H2,1-4H3/t14-/m1/s1. The number of carbonyl (C=O) groups is 1. The topological polar surface area (TPSA) is 63.4 Å². The Morgan fingerprint density at radius 1 is 1.24 bits per heavy atom. The highest BCUT2D eigenvalue weighted by Crippen LogP contribution is 2.22. The summed E-state index contributed by atoms with van der Waals surface area (Å²) in [5, 5.41) is 4.75. The average molecular weight is 355 g/mol. The molecule has 3 aromatic rings. The Hall–Kier alpha value is -2.41. The summed E-state index contributed by atoms with van der Waals surface area (Å²) in [6, 6.07) is 11.9.